The lowest BCUT2D eigenvalue weighted by Gasteiger charge is -2.11. The molecule has 1 aromatic heterocycles. The Morgan fingerprint density at radius 2 is 1.96 bits per heavy atom. The Morgan fingerprint density at radius 1 is 1.33 bits per heavy atom. The van der Waals surface area contributed by atoms with E-state index in [0.29, 0.717) is 4.68 Å². The molecule has 146 valence electrons. The van der Waals surface area contributed by atoms with Gasteiger partial charge in [-0.1, -0.05) is 0 Å². The van der Waals surface area contributed by atoms with E-state index in [4.69, 9.17) is 21.7 Å². The van der Waals surface area contributed by atoms with Gasteiger partial charge >= 0.3 is 11.9 Å². The molecule has 0 unspecified atom stereocenters. The second kappa shape index (κ2) is 8.16. The third-order valence-corrected chi connectivity index (χ3v) is 3.37. The molecule has 1 heterocycles. The highest BCUT2D eigenvalue weighted by Gasteiger charge is 2.37. The second-order valence-corrected chi connectivity index (χ2v) is 5.27. The molecule has 2 aromatic rings. The highest BCUT2D eigenvalue weighted by molar-refractivity contribution is 7.71. The molecule has 0 amide bonds. The fraction of sp³-hybridized carbons (Fsp3) is 0.357. The summed E-state index contributed by atoms with van der Waals surface area (Å²) in [5, 5.41) is 20.0. The summed E-state index contributed by atoms with van der Waals surface area (Å²) in [4.78, 5) is 10.6. The Balaban J connectivity index is 2.57. The lowest BCUT2D eigenvalue weighted by molar-refractivity contribution is -0.385. The molecule has 0 radical (unpaired) electrons. The minimum absolute atomic E-state index is 0.0287. The van der Waals surface area contributed by atoms with E-state index in [2.05, 4.69) is 10.2 Å². The van der Waals surface area contributed by atoms with Crippen molar-refractivity contribution in [3.8, 4) is 11.5 Å². The molecule has 0 aliphatic carbocycles. The number of hydrogen-bond acceptors (Lipinski definition) is 7. The molecule has 0 atom stereocenters. The van der Waals surface area contributed by atoms with Gasteiger partial charge in [0.2, 0.25) is 10.5 Å². The summed E-state index contributed by atoms with van der Waals surface area (Å²) in [5.41, 5.74) is -0.309. The number of aromatic nitrogens is 3. The number of ether oxygens (including phenoxy) is 2. The van der Waals surface area contributed by atoms with Crippen LogP contribution in [0.25, 0.3) is 0 Å². The first kappa shape index (κ1) is 20.4. The van der Waals surface area contributed by atoms with Gasteiger partial charge in [-0.2, -0.15) is 22.9 Å². The van der Waals surface area contributed by atoms with Gasteiger partial charge in [0.25, 0.3) is 5.82 Å². The molecule has 0 aliphatic heterocycles. The van der Waals surface area contributed by atoms with Crippen LogP contribution in [0, 0.1) is 14.9 Å². The van der Waals surface area contributed by atoms with Crippen molar-refractivity contribution in [3.05, 3.63) is 38.4 Å². The minimum Gasteiger partial charge on any atom is -0.493 e. The van der Waals surface area contributed by atoms with E-state index in [0.717, 1.165) is 12.3 Å². The molecule has 1 N–H and O–H groups in total. The number of rotatable bonds is 7. The number of nitrogens with one attached hydrogen (secondary N) is 1. The van der Waals surface area contributed by atoms with Crippen molar-refractivity contribution in [2.24, 2.45) is 5.10 Å². The number of alkyl halides is 3. The van der Waals surface area contributed by atoms with Gasteiger partial charge in [0.05, 0.1) is 24.4 Å². The van der Waals surface area contributed by atoms with Crippen molar-refractivity contribution >= 4 is 24.1 Å². The van der Waals surface area contributed by atoms with Crippen LogP contribution in [0.2, 0.25) is 0 Å². The van der Waals surface area contributed by atoms with Gasteiger partial charge in [0.1, 0.15) is 5.75 Å². The van der Waals surface area contributed by atoms with E-state index >= 15 is 0 Å². The van der Waals surface area contributed by atoms with Crippen LogP contribution in [0.3, 0.4) is 0 Å². The van der Waals surface area contributed by atoms with Gasteiger partial charge in [-0.15, -0.1) is 5.10 Å². The smallest absolute Gasteiger partial charge is 0.453 e. The Hall–Kier alpha value is -2.96. The van der Waals surface area contributed by atoms with Gasteiger partial charge in [-0.25, -0.2) is 5.10 Å². The molecule has 9 nitrogen and oxygen atoms in total. The number of nitrogens with zero attached hydrogens (tertiary/aromatic N) is 4. The zero-order valence-electron chi connectivity index (χ0n) is 14.1. The SMILES string of the molecule is CCOc1cc(OCC)c([N+](=O)[O-])cc1/C=N\n1c(C(F)(F)F)n[nH]c1=S. The highest BCUT2D eigenvalue weighted by Crippen LogP contribution is 2.34. The number of aromatic amines is 1. The number of benzene rings is 1. The fourth-order valence-corrected chi connectivity index (χ4v) is 2.24. The molecule has 0 bridgehead atoms. The average Bonchev–Trinajstić information content (AvgIpc) is 2.95. The number of halogens is 3. The van der Waals surface area contributed by atoms with Crippen LogP contribution in [0.15, 0.2) is 17.2 Å². The van der Waals surface area contributed by atoms with Crippen LogP contribution in [0.1, 0.15) is 25.2 Å². The van der Waals surface area contributed by atoms with E-state index in [1.165, 1.54) is 6.07 Å². The Labute approximate surface area is 155 Å². The second-order valence-electron chi connectivity index (χ2n) is 4.89. The largest absolute Gasteiger partial charge is 0.493 e. The predicted molar refractivity (Wildman–Crippen MR) is 90.8 cm³/mol. The lowest BCUT2D eigenvalue weighted by Crippen LogP contribution is -2.13. The standard InChI is InChI=1S/C14H14F3N5O4S/c1-3-25-10-6-11(26-4-2)9(22(23)24)5-8(10)7-18-21-12(14(15,16)17)19-20-13(21)27/h5-7H,3-4H2,1-2H3,(H,20,27)/b18-7-. The molecule has 1 aromatic carbocycles. The monoisotopic (exact) mass is 405 g/mol. The van der Waals surface area contributed by atoms with Crippen molar-refractivity contribution in [1.82, 2.24) is 14.9 Å². The van der Waals surface area contributed by atoms with Crippen molar-refractivity contribution in [3.63, 3.8) is 0 Å². The van der Waals surface area contributed by atoms with E-state index in [1.807, 2.05) is 5.10 Å². The third kappa shape index (κ3) is 4.61. The average molecular weight is 405 g/mol. The Bertz CT molecular complexity index is 922. The molecular formula is C14H14F3N5O4S. The summed E-state index contributed by atoms with van der Waals surface area (Å²) in [6.45, 7) is 3.72. The van der Waals surface area contributed by atoms with E-state index in [9.17, 15) is 23.3 Å². The predicted octanol–water partition coefficient (Wildman–Crippen LogP) is 3.55. The van der Waals surface area contributed by atoms with Gasteiger partial charge in [0.15, 0.2) is 0 Å². The van der Waals surface area contributed by atoms with E-state index in [-0.39, 0.29) is 36.0 Å². The van der Waals surface area contributed by atoms with Gasteiger partial charge in [-0.05, 0) is 26.1 Å². The summed E-state index contributed by atoms with van der Waals surface area (Å²) in [7, 11) is 0. The first-order valence-electron chi connectivity index (χ1n) is 7.56. The topological polar surface area (TPSA) is 108 Å². The zero-order valence-corrected chi connectivity index (χ0v) is 14.9. The molecule has 13 heteroatoms. The van der Waals surface area contributed by atoms with Crippen LogP contribution >= 0.6 is 12.2 Å². The molecular weight excluding hydrogens is 391 g/mol. The molecule has 2 rings (SSSR count). The maximum Gasteiger partial charge on any atom is 0.453 e. The van der Waals surface area contributed by atoms with Crippen molar-refractivity contribution < 1.29 is 27.6 Å². The van der Waals surface area contributed by atoms with Crippen LogP contribution in [-0.4, -0.2) is 39.2 Å². The summed E-state index contributed by atoms with van der Waals surface area (Å²) >= 11 is 4.74. The maximum atomic E-state index is 12.9. The van der Waals surface area contributed by atoms with Crippen LogP contribution in [-0.2, 0) is 6.18 Å². The number of hydrogen-bond donors (Lipinski definition) is 1. The highest BCUT2D eigenvalue weighted by atomic mass is 32.1. The van der Waals surface area contributed by atoms with E-state index < -0.39 is 21.7 Å². The quantitative estimate of drug-likeness (QED) is 0.327. The normalized spacial score (nSPS) is 11.7. The third-order valence-electron chi connectivity index (χ3n) is 3.10. The van der Waals surface area contributed by atoms with E-state index in [1.54, 1.807) is 13.8 Å². The molecule has 0 aliphatic rings. The van der Waals surface area contributed by atoms with Gasteiger partial charge in [0, 0.05) is 17.7 Å². The first-order valence-corrected chi connectivity index (χ1v) is 7.96. The van der Waals surface area contributed by atoms with Crippen molar-refractivity contribution in [2.45, 2.75) is 20.0 Å². The summed E-state index contributed by atoms with van der Waals surface area (Å²) in [5.74, 6) is -1.24. The molecule has 27 heavy (non-hydrogen) atoms. The molecule has 0 saturated heterocycles. The van der Waals surface area contributed by atoms with Crippen LogP contribution in [0.5, 0.6) is 11.5 Å². The minimum atomic E-state index is -4.79. The number of nitro benzene ring substituents is 1. The number of H-pyrrole nitrogens is 1. The molecule has 0 fully saturated rings. The maximum absolute atomic E-state index is 12.9. The van der Waals surface area contributed by atoms with Crippen LogP contribution < -0.4 is 9.47 Å². The Morgan fingerprint density at radius 3 is 2.52 bits per heavy atom. The zero-order chi connectivity index (χ0) is 20.2. The van der Waals surface area contributed by atoms with Gasteiger partial charge in [-0.3, -0.25) is 10.1 Å². The molecule has 0 saturated carbocycles. The summed E-state index contributed by atoms with van der Waals surface area (Å²) < 4.78 is 49.4. The number of nitro groups is 1. The Kier molecular flexibility index (Phi) is 6.15. The van der Waals surface area contributed by atoms with Crippen molar-refractivity contribution in [1.29, 1.82) is 0 Å². The van der Waals surface area contributed by atoms with Crippen molar-refractivity contribution in [2.75, 3.05) is 13.2 Å². The lowest BCUT2D eigenvalue weighted by atomic mass is 10.1. The van der Waals surface area contributed by atoms with Gasteiger partial charge < -0.3 is 9.47 Å². The van der Waals surface area contributed by atoms with Crippen LogP contribution in [0.4, 0.5) is 18.9 Å². The summed E-state index contributed by atoms with van der Waals surface area (Å²) in [6.07, 6.45) is -3.83. The summed E-state index contributed by atoms with van der Waals surface area (Å²) in [6, 6.07) is 2.38. The first-order chi connectivity index (χ1) is 12.7. The molecule has 0 spiro atoms. The fourth-order valence-electron chi connectivity index (χ4n) is 2.06.